The minimum atomic E-state index is -0.0923. The Kier molecular flexibility index (Phi) is 4.85. The fraction of sp³-hybridized carbons (Fsp3) is 0.412. The van der Waals surface area contributed by atoms with Crippen LogP contribution in [-0.2, 0) is 5.41 Å². The number of hydrogen-bond acceptors (Lipinski definition) is 5. The van der Waals surface area contributed by atoms with Crippen molar-refractivity contribution in [2.45, 2.75) is 26.2 Å². The Morgan fingerprint density at radius 3 is 2.45 bits per heavy atom. The van der Waals surface area contributed by atoms with Gasteiger partial charge in [-0.3, -0.25) is 4.98 Å². The largest absolute Gasteiger partial charge is 0.493 e. The molecule has 0 radical (unpaired) electrons. The van der Waals surface area contributed by atoms with Crippen molar-refractivity contribution in [2.75, 3.05) is 26.1 Å². The zero-order valence-corrected chi connectivity index (χ0v) is 13.8. The van der Waals surface area contributed by atoms with Gasteiger partial charge in [-0.15, -0.1) is 0 Å². The molecule has 5 nitrogen and oxygen atoms in total. The van der Waals surface area contributed by atoms with Crippen LogP contribution in [0.2, 0.25) is 0 Å². The van der Waals surface area contributed by atoms with Crippen LogP contribution in [0.5, 0.6) is 11.5 Å². The van der Waals surface area contributed by atoms with Gasteiger partial charge in [0.2, 0.25) is 0 Å². The van der Waals surface area contributed by atoms with E-state index in [-0.39, 0.29) is 5.41 Å². The molecule has 2 rings (SSSR count). The highest BCUT2D eigenvalue weighted by atomic mass is 16.5. The zero-order chi connectivity index (χ0) is 16.2. The Balaban J connectivity index is 2.15. The molecule has 1 N–H and O–H groups in total. The summed E-state index contributed by atoms with van der Waals surface area (Å²) in [5.41, 5.74) is 1.97. The Bertz CT molecular complexity index is 642. The zero-order valence-electron chi connectivity index (χ0n) is 13.8. The van der Waals surface area contributed by atoms with Crippen LogP contribution in [-0.4, -0.2) is 30.7 Å². The highest BCUT2D eigenvalue weighted by Crippen LogP contribution is 2.33. The number of rotatable bonds is 6. The molecule has 0 saturated heterocycles. The van der Waals surface area contributed by atoms with E-state index in [4.69, 9.17) is 9.47 Å². The summed E-state index contributed by atoms with van der Waals surface area (Å²) in [7, 11) is 3.29. The molecule has 1 aromatic heterocycles. The standard InChI is InChI=1S/C17H23N3O2/c1-12-9-18-10-16(20-12)19-11-17(2,3)13-6-7-14(21-4)15(8-13)22-5/h6-10H,11H2,1-5H3,(H,19,20). The molecule has 0 aliphatic rings. The van der Waals surface area contributed by atoms with E-state index in [2.05, 4.69) is 35.2 Å². The molecule has 0 fully saturated rings. The van der Waals surface area contributed by atoms with E-state index in [1.54, 1.807) is 26.6 Å². The molecule has 5 heteroatoms. The first-order valence-electron chi connectivity index (χ1n) is 7.21. The minimum Gasteiger partial charge on any atom is -0.493 e. The molecule has 0 saturated carbocycles. The van der Waals surface area contributed by atoms with Gasteiger partial charge in [-0.1, -0.05) is 19.9 Å². The number of aryl methyl sites for hydroxylation is 1. The maximum atomic E-state index is 5.38. The molecule has 22 heavy (non-hydrogen) atoms. The monoisotopic (exact) mass is 301 g/mol. The molecule has 0 atom stereocenters. The summed E-state index contributed by atoms with van der Waals surface area (Å²) >= 11 is 0. The number of nitrogens with zero attached hydrogens (tertiary/aromatic N) is 2. The molecule has 1 aromatic carbocycles. The van der Waals surface area contributed by atoms with Gasteiger partial charge in [0, 0.05) is 18.2 Å². The lowest BCUT2D eigenvalue weighted by Crippen LogP contribution is -2.28. The Morgan fingerprint density at radius 2 is 1.82 bits per heavy atom. The number of hydrogen-bond donors (Lipinski definition) is 1. The highest BCUT2D eigenvalue weighted by Gasteiger charge is 2.22. The lowest BCUT2D eigenvalue weighted by atomic mass is 9.84. The second-order valence-corrected chi connectivity index (χ2v) is 5.85. The molecular formula is C17H23N3O2. The molecule has 1 heterocycles. The van der Waals surface area contributed by atoms with Crippen LogP contribution in [0, 0.1) is 6.92 Å². The Hall–Kier alpha value is -2.30. The molecule has 0 bridgehead atoms. The lowest BCUT2D eigenvalue weighted by Gasteiger charge is -2.26. The van der Waals surface area contributed by atoms with Gasteiger partial charge in [-0.2, -0.15) is 0 Å². The topological polar surface area (TPSA) is 56.3 Å². The quantitative estimate of drug-likeness (QED) is 0.888. The number of benzene rings is 1. The first kappa shape index (κ1) is 16.1. The van der Waals surface area contributed by atoms with Gasteiger partial charge < -0.3 is 14.8 Å². The number of aromatic nitrogens is 2. The van der Waals surface area contributed by atoms with Gasteiger partial charge in [0.25, 0.3) is 0 Å². The average Bonchev–Trinajstić information content (AvgIpc) is 2.52. The van der Waals surface area contributed by atoms with Crippen molar-refractivity contribution in [3.05, 3.63) is 41.9 Å². The third kappa shape index (κ3) is 3.67. The molecule has 0 aliphatic heterocycles. The van der Waals surface area contributed by atoms with Crippen molar-refractivity contribution in [2.24, 2.45) is 0 Å². The van der Waals surface area contributed by atoms with Crippen molar-refractivity contribution in [3.63, 3.8) is 0 Å². The number of ether oxygens (including phenoxy) is 2. The van der Waals surface area contributed by atoms with Crippen molar-refractivity contribution < 1.29 is 9.47 Å². The second-order valence-electron chi connectivity index (χ2n) is 5.85. The lowest BCUT2D eigenvalue weighted by molar-refractivity contribution is 0.353. The smallest absolute Gasteiger partial charge is 0.161 e. The van der Waals surface area contributed by atoms with Crippen molar-refractivity contribution >= 4 is 5.82 Å². The van der Waals surface area contributed by atoms with Gasteiger partial charge in [0.05, 0.1) is 26.1 Å². The van der Waals surface area contributed by atoms with Crippen molar-refractivity contribution in [1.82, 2.24) is 9.97 Å². The maximum Gasteiger partial charge on any atom is 0.161 e. The Labute approximate surface area is 131 Å². The average molecular weight is 301 g/mol. The van der Waals surface area contributed by atoms with E-state index in [9.17, 15) is 0 Å². The van der Waals surface area contributed by atoms with E-state index in [1.165, 1.54) is 5.56 Å². The van der Waals surface area contributed by atoms with E-state index in [0.29, 0.717) is 0 Å². The third-order valence-electron chi connectivity index (χ3n) is 3.63. The predicted molar refractivity (Wildman–Crippen MR) is 87.8 cm³/mol. The highest BCUT2D eigenvalue weighted by molar-refractivity contribution is 5.45. The van der Waals surface area contributed by atoms with Gasteiger partial charge in [0.1, 0.15) is 5.82 Å². The van der Waals surface area contributed by atoms with Crippen LogP contribution in [0.15, 0.2) is 30.6 Å². The van der Waals surface area contributed by atoms with Gasteiger partial charge in [-0.05, 0) is 24.6 Å². The van der Waals surface area contributed by atoms with Crippen LogP contribution < -0.4 is 14.8 Å². The Morgan fingerprint density at radius 1 is 1.09 bits per heavy atom. The van der Waals surface area contributed by atoms with Gasteiger partial charge in [-0.25, -0.2) is 4.98 Å². The van der Waals surface area contributed by atoms with E-state index >= 15 is 0 Å². The predicted octanol–water partition coefficient (Wildman–Crippen LogP) is 3.19. The van der Waals surface area contributed by atoms with Crippen LogP contribution in [0.3, 0.4) is 0 Å². The summed E-state index contributed by atoms with van der Waals surface area (Å²) in [5.74, 6) is 2.26. The molecule has 0 aliphatic carbocycles. The summed E-state index contributed by atoms with van der Waals surface area (Å²) < 4.78 is 10.7. The molecule has 118 valence electrons. The molecule has 0 spiro atoms. The number of anilines is 1. The van der Waals surface area contributed by atoms with Crippen molar-refractivity contribution in [3.8, 4) is 11.5 Å². The summed E-state index contributed by atoms with van der Waals surface area (Å²) in [5, 5.41) is 3.34. The first-order chi connectivity index (χ1) is 10.5. The normalized spacial score (nSPS) is 11.1. The summed E-state index contributed by atoms with van der Waals surface area (Å²) in [4.78, 5) is 8.56. The molecule has 2 aromatic rings. The van der Waals surface area contributed by atoms with Crippen molar-refractivity contribution in [1.29, 1.82) is 0 Å². The fourth-order valence-corrected chi connectivity index (χ4v) is 2.22. The third-order valence-corrected chi connectivity index (χ3v) is 3.63. The molecule has 0 unspecified atom stereocenters. The van der Waals surface area contributed by atoms with E-state index in [1.807, 2.05) is 19.1 Å². The first-order valence-corrected chi connectivity index (χ1v) is 7.21. The van der Waals surface area contributed by atoms with E-state index < -0.39 is 0 Å². The minimum absolute atomic E-state index is 0.0923. The fourth-order valence-electron chi connectivity index (χ4n) is 2.22. The number of nitrogens with one attached hydrogen (secondary N) is 1. The molecule has 0 amide bonds. The summed E-state index contributed by atoms with van der Waals surface area (Å²) in [6.07, 6.45) is 3.47. The van der Waals surface area contributed by atoms with E-state index in [0.717, 1.165) is 29.6 Å². The van der Waals surface area contributed by atoms with Crippen LogP contribution in [0.1, 0.15) is 25.1 Å². The second kappa shape index (κ2) is 6.64. The summed E-state index contributed by atoms with van der Waals surface area (Å²) in [6, 6.07) is 6.01. The van der Waals surface area contributed by atoms with Crippen LogP contribution in [0.25, 0.3) is 0 Å². The SMILES string of the molecule is COc1ccc(C(C)(C)CNc2cncc(C)n2)cc1OC. The van der Waals surface area contributed by atoms with Gasteiger partial charge in [0.15, 0.2) is 11.5 Å². The molecular weight excluding hydrogens is 278 g/mol. The van der Waals surface area contributed by atoms with Crippen LogP contribution in [0.4, 0.5) is 5.82 Å². The summed E-state index contributed by atoms with van der Waals surface area (Å²) in [6.45, 7) is 7.01. The maximum absolute atomic E-state index is 5.38. The van der Waals surface area contributed by atoms with Crippen LogP contribution >= 0.6 is 0 Å². The number of methoxy groups -OCH3 is 2. The van der Waals surface area contributed by atoms with Gasteiger partial charge >= 0.3 is 0 Å².